The lowest BCUT2D eigenvalue weighted by molar-refractivity contribution is -0.154. The van der Waals surface area contributed by atoms with Crippen LogP contribution in [0.2, 0.25) is 25.7 Å². The van der Waals surface area contributed by atoms with Crippen molar-refractivity contribution in [2.24, 2.45) is 5.92 Å². The quantitative estimate of drug-likeness (QED) is 0.445. The number of benzene rings is 1. The number of rotatable bonds is 5. The first-order valence-corrected chi connectivity index (χ1v) is 14.0. The lowest BCUT2D eigenvalue weighted by Crippen LogP contribution is -2.45. The topological polar surface area (TPSA) is 26.3 Å². The van der Waals surface area contributed by atoms with Crippen molar-refractivity contribution in [2.75, 3.05) is 6.61 Å². The second-order valence-corrected chi connectivity index (χ2v) is 16.0. The Balaban J connectivity index is 2.36. The lowest BCUT2D eigenvalue weighted by Gasteiger charge is -2.41. The molecule has 1 aliphatic rings. The van der Waals surface area contributed by atoms with E-state index >= 15 is 0 Å². The van der Waals surface area contributed by atoms with Crippen LogP contribution in [0.5, 0.6) is 0 Å². The predicted molar refractivity (Wildman–Crippen MR) is 114 cm³/mol. The van der Waals surface area contributed by atoms with Gasteiger partial charge in [-0.1, -0.05) is 64.8 Å². The molecule has 0 aliphatic heterocycles. The highest BCUT2D eigenvalue weighted by atomic mass is 28.3. The molecule has 1 aliphatic carbocycles. The summed E-state index contributed by atoms with van der Waals surface area (Å²) in [5.41, 5.74) is 2.06. The molecule has 0 amide bonds. The second kappa shape index (κ2) is 7.88. The zero-order valence-corrected chi connectivity index (χ0v) is 18.9. The molecule has 26 heavy (non-hydrogen) atoms. The summed E-state index contributed by atoms with van der Waals surface area (Å²) >= 11 is 0. The van der Waals surface area contributed by atoms with Gasteiger partial charge in [0.25, 0.3) is 0 Å². The number of hydrogen-bond donors (Lipinski definition) is 0. The number of carbonyl (C=O) groups is 1. The molecule has 1 fully saturated rings. The van der Waals surface area contributed by atoms with E-state index in [9.17, 15) is 4.79 Å². The molecular formula is C23H38O2Si-. The molecule has 0 spiro atoms. The van der Waals surface area contributed by atoms with Crippen LogP contribution in [0.15, 0.2) is 24.3 Å². The summed E-state index contributed by atoms with van der Waals surface area (Å²) < 4.78 is 5.91. The zero-order valence-electron chi connectivity index (χ0n) is 17.9. The number of carbonyl (C=O) groups excluding carboxylic acids is 1. The minimum absolute atomic E-state index is 0.00834. The summed E-state index contributed by atoms with van der Waals surface area (Å²) in [7, 11) is -1.21. The zero-order chi connectivity index (χ0) is 19.6. The van der Waals surface area contributed by atoms with Crippen molar-refractivity contribution in [3.8, 4) is 0 Å². The standard InChI is InChI=1S/C23H38O2Si/c1-18-11-8-9-14-23(18,21(24)25-15-16-26(5,6)7)20-13-10-12-19(17-20)22(2,3)4/h10,12-13,17-18H,8-9,11,14-16H2,1-7H3/q-1. The summed E-state index contributed by atoms with van der Waals surface area (Å²) in [4.78, 5) is 13.4. The Labute approximate surface area is 161 Å². The molecule has 2 atom stereocenters. The maximum absolute atomic E-state index is 13.4. The van der Waals surface area contributed by atoms with E-state index in [1.54, 1.807) is 0 Å². The van der Waals surface area contributed by atoms with E-state index < -0.39 is 13.5 Å². The highest BCUT2D eigenvalue weighted by molar-refractivity contribution is 6.76. The minimum atomic E-state index is -1.21. The third-order valence-electron chi connectivity index (χ3n) is 5.99. The number of hydrogen-bond acceptors (Lipinski definition) is 2. The van der Waals surface area contributed by atoms with Crippen LogP contribution in [0.1, 0.15) is 64.5 Å². The summed E-state index contributed by atoms with van der Waals surface area (Å²) in [6.07, 6.45) is 4.33. The molecular weight excluding hydrogens is 336 g/mol. The molecule has 0 heterocycles. The molecule has 2 unspecified atom stereocenters. The average molecular weight is 375 g/mol. The van der Waals surface area contributed by atoms with Crippen molar-refractivity contribution in [2.45, 2.75) is 89.9 Å². The van der Waals surface area contributed by atoms with Gasteiger partial charge < -0.3 is 4.74 Å². The van der Waals surface area contributed by atoms with Crippen LogP contribution in [0, 0.1) is 5.92 Å². The Kier molecular flexibility index (Phi) is 6.43. The third kappa shape index (κ3) is 4.79. The van der Waals surface area contributed by atoms with Gasteiger partial charge >= 0.3 is 5.97 Å². The second-order valence-electron chi connectivity index (χ2n) is 10.4. The van der Waals surface area contributed by atoms with Gasteiger partial charge in [0.05, 0.1) is 12.0 Å². The van der Waals surface area contributed by atoms with E-state index in [2.05, 4.69) is 71.6 Å². The SMILES string of the molecule is CC1CCCCC1(C(=O)OCC[Si-](C)(C)C)c1cccc(C(C)(C)C)c1. The van der Waals surface area contributed by atoms with Crippen LogP contribution >= 0.6 is 0 Å². The van der Waals surface area contributed by atoms with Crippen molar-refractivity contribution < 1.29 is 9.53 Å². The maximum atomic E-state index is 13.4. The molecule has 1 aromatic rings. The van der Waals surface area contributed by atoms with Gasteiger partial charge in [-0.25, -0.2) is 0 Å². The Hall–Kier alpha value is -1.09. The monoisotopic (exact) mass is 374 g/mol. The fourth-order valence-electron chi connectivity index (χ4n) is 4.04. The molecule has 3 heteroatoms. The third-order valence-corrected chi connectivity index (χ3v) is 7.70. The van der Waals surface area contributed by atoms with E-state index in [0.717, 1.165) is 30.9 Å². The maximum Gasteiger partial charge on any atom is 0.316 e. The van der Waals surface area contributed by atoms with Gasteiger partial charge in [0.1, 0.15) is 0 Å². The Bertz CT molecular complexity index is 624. The normalized spacial score (nSPS) is 24.3. The highest BCUT2D eigenvalue weighted by Crippen LogP contribution is 2.45. The molecule has 2 rings (SSSR count). The molecule has 147 valence electrons. The van der Waals surface area contributed by atoms with Gasteiger partial charge in [-0.15, -0.1) is 14.1 Å². The smallest absolute Gasteiger partial charge is 0.316 e. The summed E-state index contributed by atoms with van der Waals surface area (Å²) in [6, 6.07) is 9.75. The van der Waals surface area contributed by atoms with Gasteiger partial charge in [0.15, 0.2) is 0 Å². The fourth-order valence-corrected chi connectivity index (χ4v) is 4.75. The van der Waals surface area contributed by atoms with E-state index in [4.69, 9.17) is 4.74 Å². The predicted octanol–water partition coefficient (Wildman–Crippen LogP) is 6.31. The van der Waals surface area contributed by atoms with E-state index in [0.29, 0.717) is 12.5 Å². The fraction of sp³-hybridized carbons (Fsp3) is 0.696. The van der Waals surface area contributed by atoms with Crippen LogP contribution in [-0.2, 0) is 20.4 Å². The summed E-state index contributed by atoms with van der Waals surface area (Å²) in [5.74, 6) is 0.333. The minimum Gasteiger partial charge on any atom is -0.468 e. The molecule has 1 saturated carbocycles. The van der Waals surface area contributed by atoms with Crippen LogP contribution in [0.3, 0.4) is 0 Å². The summed E-state index contributed by atoms with van der Waals surface area (Å²) in [6.45, 7) is 16.5. The van der Waals surface area contributed by atoms with Gasteiger partial charge in [-0.05, 0) is 35.3 Å². The summed E-state index contributed by atoms with van der Waals surface area (Å²) in [5, 5.41) is 0. The van der Waals surface area contributed by atoms with Crippen molar-refractivity contribution in [1.82, 2.24) is 0 Å². The van der Waals surface area contributed by atoms with Gasteiger partial charge in [0, 0.05) is 0 Å². The first-order chi connectivity index (χ1) is 12.0. The molecule has 0 bridgehead atoms. The van der Waals surface area contributed by atoms with Gasteiger partial charge in [0.2, 0.25) is 0 Å². The van der Waals surface area contributed by atoms with Crippen LogP contribution < -0.4 is 0 Å². The highest BCUT2D eigenvalue weighted by Gasteiger charge is 2.47. The van der Waals surface area contributed by atoms with Crippen molar-refractivity contribution >= 4 is 14.0 Å². The number of esters is 1. The molecule has 2 nitrogen and oxygen atoms in total. The molecule has 0 saturated heterocycles. The van der Waals surface area contributed by atoms with Crippen molar-refractivity contribution in [3.05, 3.63) is 35.4 Å². The van der Waals surface area contributed by atoms with Crippen LogP contribution in [0.25, 0.3) is 0 Å². The van der Waals surface area contributed by atoms with Gasteiger partial charge in [-0.2, -0.15) is 19.6 Å². The Morgan fingerprint density at radius 3 is 2.50 bits per heavy atom. The van der Waals surface area contributed by atoms with E-state index in [1.165, 1.54) is 12.0 Å². The first-order valence-electron chi connectivity index (χ1n) is 10.2. The molecule has 0 aromatic heterocycles. The van der Waals surface area contributed by atoms with E-state index in [1.807, 2.05) is 0 Å². The van der Waals surface area contributed by atoms with E-state index in [-0.39, 0.29) is 11.4 Å². The van der Waals surface area contributed by atoms with Crippen LogP contribution in [-0.4, -0.2) is 20.7 Å². The Morgan fingerprint density at radius 2 is 1.92 bits per heavy atom. The Morgan fingerprint density at radius 1 is 1.23 bits per heavy atom. The van der Waals surface area contributed by atoms with Crippen molar-refractivity contribution in [1.29, 1.82) is 0 Å². The number of ether oxygens (including phenoxy) is 1. The van der Waals surface area contributed by atoms with Crippen LogP contribution in [0.4, 0.5) is 0 Å². The van der Waals surface area contributed by atoms with Gasteiger partial charge in [-0.3, -0.25) is 4.79 Å². The lowest BCUT2D eigenvalue weighted by atomic mass is 9.62. The first kappa shape index (κ1) is 21.2. The average Bonchev–Trinajstić information content (AvgIpc) is 2.53. The van der Waals surface area contributed by atoms with Crippen molar-refractivity contribution in [3.63, 3.8) is 0 Å². The molecule has 0 radical (unpaired) electrons. The molecule has 1 aromatic carbocycles. The largest absolute Gasteiger partial charge is 0.468 e. The molecule has 0 N–H and O–H groups in total.